The van der Waals surface area contributed by atoms with Crippen LogP contribution in [0.2, 0.25) is 0 Å². The summed E-state index contributed by atoms with van der Waals surface area (Å²) in [4.78, 5) is 4.58. The standard InChI is InChI=1S/C33H29BrF4N2O3/c1-41-24-12-8-22(9-13-24)33(21-6-4-3-5-7-21,23-10-14-25(42-2)15-11-23)40-31-39-30(32(18-35,19-36)20-43-31)26-16-27(34)29(38)17-28(26)37/h3-17,30H,18-20H2,1-2H3,(H,39,40)/t30-/m0/s1. The largest absolute Gasteiger partial charge is 0.497 e. The molecule has 0 radical (unpaired) electrons. The van der Waals surface area contributed by atoms with Gasteiger partial charge in [-0.15, -0.1) is 0 Å². The lowest BCUT2D eigenvalue weighted by atomic mass is 9.76. The number of rotatable bonds is 9. The zero-order valence-corrected chi connectivity index (χ0v) is 25.0. The molecular weight excluding hydrogens is 628 g/mol. The molecule has 1 heterocycles. The Hall–Kier alpha value is -4.05. The zero-order chi connectivity index (χ0) is 30.6. The van der Waals surface area contributed by atoms with Crippen LogP contribution in [0.5, 0.6) is 11.5 Å². The first-order chi connectivity index (χ1) is 20.8. The van der Waals surface area contributed by atoms with E-state index in [-0.39, 0.29) is 16.1 Å². The fourth-order valence-corrected chi connectivity index (χ4v) is 5.66. The highest BCUT2D eigenvalue weighted by atomic mass is 79.9. The number of ether oxygens (including phenoxy) is 3. The Labute approximate surface area is 255 Å². The van der Waals surface area contributed by atoms with Crippen LogP contribution in [0, 0.1) is 17.0 Å². The van der Waals surface area contributed by atoms with Crippen molar-refractivity contribution in [2.24, 2.45) is 10.4 Å². The number of alkyl halides is 2. The summed E-state index contributed by atoms with van der Waals surface area (Å²) in [6, 6.07) is 24.7. The van der Waals surface area contributed by atoms with Gasteiger partial charge in [0.25, 0.3) is 6.02 Å². The van der Waals surface area contributed by atoms with Gasteiger partial charge in [0.15, 0.2) is 0 Å². The number of halogens is 5. The molecule has 1 N–H and O–H groups in total. The highest BCUT2D eigenvalue weighted by Crippen LogP contribution is 2.45. The van der Waals surface area contributed by atoms with Gasteiger partial charge in [0.1, 0.15) is 48.6 Å². The third kappa shape index (κ3) is 5.68. The number of aliphatic imine (C=N–C) groups is 1. The lowest BCUT2D eigenvalue weighted by Crippen LogP contribution is -2.52. The predicted molar refractivity (Wildman–Crippen MR) is 160 cm³/mol. The minimum atomic E-state index is -1.82. The van der Waals surface area contributed by atoms with Gasteiger partial charge in [-0.05, 0) is 63.0 Å². The molecule has 0 saturated heterocycles. The van der Waals surface area contributed by atoms with E-state index in [1.165, 1.54) is 6.07 Å². The lowest BCUT2D eigenvalue weighted by Gasteiger charge is -2.42. The van der Waals surface area contributed by atoms with E-state index in [4.69, 9.17) is 14.2 Å². The molecule has 43 heavy (non-hydrogen) atoms. The van der Waals surface area contributed by atoms with Crippen LogP contribution in [0.3, 0.4) is 0 Å². The average molecular weight is 658 g/mol. The summed E-state index contributed by atoms with van der Waals surface area (Å²) in [5, 5.41) is 3.42. The van der Waals surface area contributed by atoms with Gasteiger partial charge in [0.2, 0.25) is 0 Å². The SMILES string of the molecule is COc1ccc(C(NC2=N[C@@H](c3cc(Br)c(F)cc3F)C(CF)(CF)CO2)(c2ccccc2)c2ccc(OC)cc2)cc1. The number of benzene rings is 4. The number of hydrogen-bond donors (Lipinski definition) is 1. The van der Waals surface area contributed by atoms with E-state index < -0.39 is 48.6 Å². The quantitative estimate of drug-likeness (QED) is 0.114. The third-order valence-corrected chi connectivity index (χ3v) is 8.34. The number of nitrogens with zero attached hydrogens (tertiary/aromatic N) is 1. The first-order valence-electron chi connectivity index (χ1n) is 13.4. The second-order valence-corrected chi connectivity index (χ2v) is 11.1. The maximum Gasteiger partial charge on any atom is 0.286 e. The van der Waals surface area contributed by atoms with Gasteiger partial charge in [0, 0.05) is 11.6 Å². The molecule has 0 fully saturated rings. The molecule has 5 nitrogen and oxygen atoms in total. The van der Waals surface area contributed by atoms with E-state index in [1.807, 2.05) is 78.9 Å². The summed E-state index contributed by atoms with van der Waals surface area (Å²) in [7, 11) is 3.14. The monoisotopic (exact) mass is 656 g/mol. The molecule has 0 aliphatic carbocycles. The molecule has 0 spiro atoms. The molecule has 5 rings (SSSR count). The number of methoxy groups -OCH3 is 2. The van der Waals surface area contributed by atoms with Crippen molar-refractivity contribution < 1.29 is 31.8 Å². The minimum absolute atomic E-state index is 0.0539. The number of amidine groups is 1. The zero-order valence-electron chi connectivity index (χ0n) is 23.4. The van der Waals surface area contributed by atoms with Crippen LogP contribution in [0.25, 0.3) is 0 Å². The molecule has 4 aromatic carbocycles. The predicted octanol–water partition coefficient (Wildman–Crippen LogP) is 7.68. The Morgan fingerprint density at radius 1 is 0.837 bits per heavy atom. The molecule has 0 bridgehead atoms. The number of hydrogen-bond acceptors (Lipinski definition) is 5. The van der Waals surface area contributed by atoms with E-state index >= 15 is 4.39 Å². The third-order valence-electron chi connectivity index (χ3n) is 7.74. The van der Waals surface area contributed by atoms with Crippen molar-refractivity contribution >= 4 is 22.0 Å². The van der Waals surface area contributed by atoms with E-state index in [0.717, 1.165) is 16.7 Å². The van der Waals surface area contributed by atoms with Gasteiger partial charge in [0.05, 0.1) is 30.1 Å². The van der Waals surface area contributed by atoms with Crippen LogP contribution >= 0.6 is 15.9 Å². The molecule has 0 unspecified atom stereocenters. The molecule has 1 aliphatic heterocycles. The van der Waals surface area contributed by atoms with Crippen molar-refractivity contribution in [1.82, 2.24) is 5.32 Å². The Morgan fingerprint density at radius 2 is 1.37 bits per heavy atom. The molecule has 4 aromatic rings. The molecule has 0 aromatic heterocycles. The van der Waals surface area contributed by atoms with E-state index in [0.29, 0.717) is 17.6 Å². The van der Waals surface area contributed by atoms with Crippen molar-refractivity contribution in [3.05, 3.63) is 129 Å². The van der Waals surface area contributed by atoms with Crippen molar-refractivity contribution in [3.63, 3.8) is 0 Å². The van der Waals surface area contributed by atoms with Gasteiger partial charge >= 0.3 is 0 Å². The maximum absolute atomic E-state index is 15.2. The highest BCUT2D eigenvalue weighted by molar-refractivity contribution is 9.10. The van der Waals surface area contributed by atoms with E-state index in [1.54, 1.807) is 14.2 Å². The molecule has 224 valence electrons. The second-order valence-electron chi connectivity index (χ2n) is 10.2. The molecule has 1 aliphatic rings. The topological polar surface area (TPSA) is 52.1 Å². The Morgan fingerprint density at radius 3 is 1.88 bits per heavy atom. The Bertz CT molecular complexity index is 1530. The lowest BCUT2D eigenvalue weighted by molar-refractivity contribution is 0.0267. The fraction of sp³-hybridized carbons (Fsp3) is 0.242. The fourth-order valence-electron chi connectivity index (χ4n) is 5.30. The molecule has 0 amide bonds. The van der Waals surface area contributed by atoms with E-state index in [9.17, 15) is 13.2 Å². The van der Waals surface area contributed by atoms with Crippen molar-refractivity contribution in [2.75, 3.05) is 34.2 Å². The Balaban J connectivity index is 1.73. The number of nitrogens with one attached hydrogen (secondary N) is 1. The summed E-state index contributed by atoms with van der Waals surface area (Å²) in [5.74, 6) is -0.537. The minimum Gasteiger partial charge on any atom is -0.497 e. The Kier molecular flexibility index (Phi) is 8.96. The normalized spacial score (nSPS) is 16.2. The van der Waals surface area contributed by atoms with E-state index in [2.05, 4.69) is 26.2 Å². The van der Waals surface area contributed by atoms with Crippen LogP contribution in [0.1, 0.15) is 28.3 Å². The highest BCUT2D eigenvalue weighted by Gasteiger charge is 2.48. The van der Waals surface area contributed by atoms with Crippen molar-refractivity contribution in [3.8, 4) is 11.5 Å². The first-order valence-corrected chi connectivity index (χ1v) is 14.2. The summed E-state index contributed by atoms with van der Waals surface area (Å²) < 4.78 is 75.0. The van der Waals surface area contributed by atoms with Gasteiger partial charge in [-0.3, -0.25) is 8.78 Å². The van der Waals surface area contributed by atoms with Crippen LogP contribution in [0.15, 0.2) is 100 Å². The van der Waals surface area contributed by atoms with Gasteiger partial charge in [-0.1, -0.05) is 54.6 Å². The van der Waals surface area contributed by atoms with Crippen LogP contribution < -0.4 is 14.8 Å². The first kappa shape index (κ1) is 30.4. The van der Waals surface area contributed by atoms with Crippen LogP contribution in [0.4, 0.5) is 17.6 Å². The second kappa shape index (κ2) is 12.7. The summed E-state index contributed by atoms with van der Waals surface area (Å²) in [6.45, 7) is -2.80. The average Bonchev–Trinajstić information content (AvgIpc) is 3.06. The summed E-state index contributed by atoms with van der Waals surface area (Å²) >= 11 is 3.06. The van der Waals surface area contributed by atoms with Crippen molar-refractivity contribution in [1.29, 1.82) is 0 Å². The molecule has 1 atom stereocenters. The smallest absolute Gasteiger partial charge is 0.286 e. The maximum atomic E-state index is 15.2. The summed E-state index contributed by atoms with van der Waals surface area (Å²) in [5.41, 5.74) is -0.829. The molecular formula is C33H29BrF4N2O3. The van der Waals surface area contributed by atoms with Gasteiger partial charge in [-0.25, -0.2) is 13.8 Å². The van der Waals surface area contributed by atoms with Crippen LogP contribution in [-0.4, -0.2) is 40.2 Å². The molecule has 10 heteroatoms. The van der Waals surface area contributed by atoms with Crippen molar-refractivity contribution in [2.45, 2.75) is 11.6 Å². The molecule has 0 saturated carbocycles. The van der Waals surface area contributed by atoms with Gasteiger partial charge in [-0.2, -0.15) is 0 Å². The summed E-state index contributed by atoms with van der Waals surface area (Å²) in [6.07, 6.45) is 0. The van der Waals surface area contributed by atoms with Gasteiger partial charge < -0.3 is 19.5 Å². The van der Waals surface area contributed by atoms with Crippen LogP contribution in [-0.2, 0) is 10.3 Å².